The van der Waals surface area contributed by atoms with E-state index in [1.165, 1.54) is 12.8 Å². The van der Waals surface area contributed by atoms with Gasteiger partial charge in [0.1, 0.15) is 0 Å². The molecule has 2 nitrogen and oxygen atoms in total. The van der Waals surface area contributed by atoms with Crippen LogP contribution >= 0.6 is 0 Å². The predicted octanol–water partition coefficient (Wildman–Crippen LogP) is 2.74. The Hall–Kier alpha value is -1.02. The van der Waals surface area contributed by atoms with Crippen LogP contribution in [0.5, 0.6) is 0 Å². The van der Waals surface area contributed by atoms with E-state index in [9.17, 15) is 0 Å². The number of ether oxygens (including phenoxy) is 1. The third kappa shape index (κ3) is 4.34. The molecule has 1 fully saturated rings. The second kappa shape index (κ2) is 5.76. The zero-order valence-electron chi connectivity index (χ0n) is 9.83. The maximum Gasteiger partial charge on any atom is 0.0750 e. The van der Waals surface area contributed by atoms with E-state index in [-0.39, 0.29) is 0 Å². The fourth-order valence-corrected chi connectivity index (χ4v) is 1.58. The van der Waals surface area contributed by atoms with Crippen molar-refractivity contribution in [2.45, 2.75) is 25.9 Å². The molecule has 0 spiro atoms. The zero-order chi connectivity index (χ0) is 11.3. The van der Waals surface area contributed by atoms with Crippen LogP contribution in [0, 0.1) is 0 Å². The minimum atomic E-state index is 0.380. The molecule has 2 heteroatoms. The van der Waals surface area contributed by atoms with Crippen LogP contribution in [-0.4, -0.2) is 31.2 Å². The summed E-state index contributed by atoms with van der Waals surface area (Å²) in [4.78, 5) is 2.13. The third-order valence-electron chi connectivity index (χ3n) is 2.55. The highest BCUT2D eigenvalue weighted by atomic mass is 16.5. The topological polar surface area (TPSA) is 12.5 Å². The van der Waals surface area contributed by atoms with Crippen molar-refractivity contribution < 1.29 is 4.74 Å². The Morgan fingerprint density at radius 1 is 1.47 bits per heavy atom. The van der Waals surface area contributed by atoms with E-state index in [1.807, 2.05) is 26.1 Å². The number of nitrogens with zero attached hydrogens (tertiary/aromatic N) is 1. The lowest BCUT2D eigenvalue weighted by atomic mass is 10.2. The Bertz CT molecular complexity index is 262. The standard InChI is InChI=1S/C13H21NO/c1-11(2)7-8-12(3)14(4)10-13-6-5-9-15-13/h7-8,13H,1,3,5-6,9-10H2,2,4H3/b8-7-. The Kier molecular flexibility index (Phi) is 4.63. The van der Waals surface area contributed by atoms with Crippen LogP contribution in [0.2, 0.25) is 0 Å². The normalized spacial score (nSPS) is 20.8. The molecule has 1 aliphatic heterocycles. The molecule has 0 radical (unpaired) electrons. The zero-order valence-corrected chi connectivity index (χ0v) is 9.83. The van der Waals surface area contributed by atoms with Crippen LogP contribution in [0.4, 0.5) is 0 Å². The fourth-order valence-electron chi connectivity index (χ4n) is 1.58. The van der Waals surface area contributed by atoms with Crippen molar-refractivity contribution in [2.75, 3.05) is 20.2 Å². The van der Waals surface area contributed by atoms with E-state index >= 15 is 0 Å². The molecule has 1 unspecified atom stereocenters. The van der Waals surface area contributed by atoms with Crippen molar-refractivity contribution in [2.24, 2.45) is 0 Å². The summed E-state index contributed by atoms with van der Waals surface area (Å²) in [5.41, 5.74) is 2.05. The first kappa shape index (κ1) is 12.1. The van der Waals surface area contributed by atoms with Crippen LogP contribution in [0.25, 0.3) is 0 Å². The van der Waals surface area contributed by atoms with Crippen LogP contribution in [0.3, 0.4) is 0 Å². The molecule has 0 aromatic carbocycles. The van der Waals surface area contributed by atoms with Gasteiger partial charge in [0.05, 0.1) is 6.10 Å². The maximum absolute atomic E-state index is 5.57. The Labute approximate surface area is 92.9 Å². The van der Waals surface area contributed by atoms with Gasteiger partial charge in [-0.3, -0.25) is 0 Å². The summed E-state index contributed by atoms with van der Waals surface area (Å²) in [6, 6.07) is 0. The number of hydrogen-bond acceptors (Lipinski definition) is 2. The van der Waals surface area contributed by atoms with Gasteiger partial charge >= 0.3 is 0 Å². The highest BCUT2D eigenvalue weighted by Gasteiger charge is 2.17. The van der Waals surface area contributed by atoms with E-state index in [0.717, 1.165) is 24.4 Å². The van der Waals surface area contributed by atoms with Gasteiger partial charge in [-0.15, -0.1) is 0 Å². The van der Waals surface area contributed by atoms with Gasteiger partial charge in [0.15, 0.2) is 0 Å². The monoisotopic (exact) mass is 207 g/mol. The molecule has 0 aromatic heterocycles. The van der Waals surface area contributed by atoms with Crippen molar-refractivity contribution in [1.29, 1.82) is 0 Å². The lowest BCUT2D eigenvalue weighted by Gasteiger charge is -2.22. The summed E-state index contributed by atoms with van der Waals surface area (Å²) in [5, 5.41) is 0. The van der Waals surface area contributed by atoms with Gasteiger partial charge in [-0.05, 0) is 25.8 Å². The highest BCUT2D eigenvalue weighted by molar-refractivity contribution is 5.21. The van der Waals surface area contributed by atoms with Gasteiger partial charge in [-0.1, -0.05) is 24.8 Å². The van der Waals surface area contributed by atoms with E-state index in [4.69, 9.17) is 4.74 Å². The van der Waals surface area contributed by atoms with Gasteiger partial charge < -0.3 is 9.64 Å². The number of rotatable bonds is 5. The second-order valence-corrected chi connectivity index (χ2v) is 4.19. The molecule has 1 aliphatic rings. The van der Waals surface area contributed by atoms with E-state index < -0.39 is 0 Å². The predicted molar refractivity (Wildman–Crippen MR) is 64.7 cm³/mol. The van der Waals surface area contributed by atoms with Crippen LogP contribution in [0.1, 0.15) is 19.8 Å². The molecular formula is C13H21NO. The molecule has 1 rings (SSSR count). The smallest absolute Gasteiger partial charge is 0.0750 e. The van der Waals surface area contributed by atoms with Gasteiger partial charge in [-0.25, -0.2) is 0 Å². The largest absolute Gasteiger partial charge is 0.376 e. The summed E-state index contributed by atoms with van der Waals surface area (Å²) in [7, 11) is 2.05. The van der Waals surface area contributed by atoms with Gasteiger partial charge in [-0.2, -0.15) is 0 Å². The first-order valence-corrected chi connectivity index (χ1v) is 5.45. The van der Waals surface area contributed by atoms with Crippen LogP contribution < -0.4 is 0 Å². The minimum Gasteiger partial charge on any atom is -0.376 e. The van der Waals surface area contributed by atoms with Crippen molar-refractivity contribution in [3.63, 3.8) is 0 Å². The maximum atomic E-state index is 5.57. The summed E-state index contributed by atoms with van der Waals surface area (Å²) in [5.74, 6) is 0. The number of hydrogen-bond donors (Lipinski definition) is 0. The third-order valence-corrected chi connectivity index (χ3v) is 2.55. The summed E-state index contributed by atoms with van der Waals surface area (Å²) in [6.45, 7) is 11.6. The van der Waals surface area contributed by atoms with Gasteiger partial charge in [0.2, 0.25) is 0 Å². The van der Waals surface area contributed by atoms with E-state index in [0.29, 0.717) is 6.10 Å². The molecule has 15 heavy (non-hydrogen) atoms. The lowest BCUT2D eigenvalue weighted by molar-refractivity contribution is 0.0903. The SMILES string of the molecule is C=C(C)/C=C\C(=C)N(C)CC1CCCO1. The highest BCUT2D eigenvalue weighted by Crippen LogP contribution is 2.14. The average molecular weight is 207 g/mol. The molecule has 84 valence electrons. The Morgan fingerprint density at radius 3 is 2.73 bits per heavy atom. The second-order valence-electron chi connectivity index (χ2n) is 4.19. The van der Waals surface area contributed by atoms with E-state index in [2.05, 4.69) is 18.1 Å². The fraction of sp³-hybridized carbons (Fsp3) is 0.538. The molecule has 0 aliphatic carbocycles. The molecule has 1 saturated heterocycles. The molecular weight excluding hydrogens is 186 g/mol. The van der Waals surface area contributed by atoms with Crippen molar-refractivity contribution in [3.8, 4) is 0 Å². The Balaban J connectivity index is 2.35. The molecule has 0 bridgehead atoms. The quantitative estimate of drug-likeness (QED) is 0.643. The summed E-state index contributed by atoms with van der Waals surface area (Å²) < 4.78 is 5.57. The molecule has 1 heterocycles. The van der Waals surface area contributed by atoms with Crippen LogP contribution in [0.15, 0.2) is 36.6 Å². The first-order valence-electron chi connectivity index (χ1n) is 5.45. The average Bonchev–Trinajstić information content (AvgIpc) is 2.66. The van der Waals surface area contributed by atoms with Crippen molar-refractivity contribution in [1.82, 2.24) is 4.90 Å². The molecule has 0 N–H and O–H groups in total. The molecule has 0 saturated carbocycles. The van der Waals surface area contributed by atoms with Crippen LogP contribution in [-0.2, 0) is 4.74 Å². The summed E-state index contributed by atoms with van der Waals surface area (Å²) >= 11 is 0. The Morgan fingerprint density at radius 2 is 2.20 bits per heavy atom. The van der Waals surface area contributed by atoms with Gasteiger partial charge in [0.25, 0.3) is 0 Å². The summed E-state index contributed by atoms with van der Waals surface area (Å²) in [6.07, 6.45) is 6.71. The first-order chi connectivity index (χ1) is 7.09. The number of likely N-dealkylation sites (N-methyl/N-ethyl adjacent to an activating group) is 1. The van der Waals surface area contributed by atoms with E-state index in [1.54, 1.807) is 0 Å². The molecule has 0 aromatic rings. The lowest BCUT2D eigenvalue weighted by Crippen LogP contribution is -2.27. The van der Waals surface area contributed by atoms with Crippen molar-refractivity contribution in [3.05, 3.63) is 36.6 Å². The van der Waals surface area contributed by atoms with Gasteiger partial charge in [0, 0.05) is 25.9 Å². The molecule has 0 amide bonds. The number of allylic oxidation sites excluding steroid dienone is 3. The molecule has 1 atom stereocenters. The van der Waals surface area contributed by atoms with Crippen molar-refractivity contribution >= 4 is 0 Å². The minimum absolute atomic E-state index is 0.380.